The van der Waals surface area contributed by atoms with Crippen LogP contribution in [0.1, 0.15) is 22.2 Å². The van der Waals surface area contributed by atoms with Crippen LogP contribution in [0.25, 0.3) is 0 Å². The summed E-state index contributed by atoms with van der Waals surface area (Å²) in [6.07, 6.45) is 0.807. The molecule has 1 aromatic carbocycles. The number of halogens is 1. The first-order valence-corrected chi connectivity index (χ1v) is 6.18. The number of hydrogen-bond donors (Lipinski definition) is 1. The molecule has 0 fully saturated rings. The van der Waals surface area contributed by atoms with Crippen LogP contribution in [0, 0.1) is 12.7 Å². The van der Waals surface area contributed by atoms with Crippen molar-refractivity contribution in [3.05, 3.63) is 46.2 Å². The van der Waals surface area contributed by atoms with E-state index in [9.17, 15) is 4.39 Å². The monoisotopic (exact) mass is 251 g/mol. The van der Waals surface area contributed by atoms with Gasteiger partial charge in [0.2, 0.25) is 0 Å². The van der Waals surface area contributed by atoms with Crippen molar-refractivity contribution >= 4 is 11.5 Å². The predicted octanol–water partition coefficient (Wildman–Crippen LogP) is 2.49. The Hall–Kier alpha value is -1.33. The van der Waals surface area contributed by atoms with Gasteiger partial charge in [-0.2, -0.15) is 0 Å². The molecule has 2 rings (SSSR count). The summed E-state index contributed by atoms with van der Waals surface area (Å²) in [4.78, 5) is 1.14. The molecule has 0 aliphatic carbocycles. The van der Waals surface area contributed by atoms with Crippen LogP contribution in [0.5, 0.6) is 0 Å². The van der Waals surface area contributed by atoms with Crippen molar-refractivity contribution in [3.63, 3.8) is 0 Å². The van der Waals surface area contributed by atoms with Gasteiger partial charge in [0.1, 0.15) is 5.82 Å². The van der Waals surface area contributed by atoms with Gasteiger partial charge in [0.15, 0.2) is 0 Å². The lowest BCUT2D eigenvalue weighted by molar-refractivity contribution is 0.594. The Morgan fingerprint density at radius 3 is 2.59 bits per heavy atom. The molecule has 90 valence electrons. The van der Waals surface area contributed by atoms with Gasteiger partial charge in [-0.15, -0.1) is 5.10 Å². The summed E-state index contributed by atoms with van der Waals surface area (Å²) in [6, 6.07) is 6.77. The van der Waals surface area contributed by atoms with Crippen molar-refractivity contribution in [1.29, 1.82) is 0 Å². The first-order chi connectivity index (χ1) is 8.20. The van der Waals surface area contributed by atoms with E-state index in [0.29, 0.717) is 0 Å². The standard InChI is InChI=1S/C12H14FN3S/c1-8-12(17-16-15-8)11(14-2)7-9-3-5-10(13)6-4-9/h3-6,11,14H,7H2,1-2H3. The van der Waals surface area contributed by atoms with Crippen molar-refractivity contribution in [2.24, 2.45) is 0 Å². The van der Waals surface area contributed by atoms with Crippen LogP contribution in [0.15, 0.2) is 24.3 Å². The fraction of sp³-hybridized carbons (Fsp3) is 0.333. The van der Waals surface area contributed by atoms with Crippen LogP contribution in [-0.4, -0.2) is 16.6 Å². The molecule has 0 aliphatic rings. The molecular formula is C12H14FN3S. The minimum atomic E-state index is -0.203. The average Bonchev–Trinajstić information content (AvgIpc) is 2.75. The number of hydrogen-bond acceptors (Lipinski definition) is 4. The van der Waals surface area contributed by atoms with Crippen LogP contribution in [-0.2, 0) is 6.42 Å². The number of benzene rings is 1. The highest BCUT2D eigenvalue weighted by Gasteiger charge is 2.15. The summed E-state index contributed by atoms with van der Waals surface area (Å²) in [6.45, 7) is 1.95. The van der Waals surface area contributed by atoms with Crippen molar-refractivity contribution in [3.8, 4) is 0 Å². The van der Waals surface area contributed by atoms with Gasteiger partial charge < -0.3 is 5.32 Å². The van der Waals surface area contributed by atoms with Crippen LogP contribution in [0.4, 0.5) is 4.39 Å². The molecule has 1 aromatic heterocycles. The van der Waals surface area contributed by atoms with Crippen LogP contribution in [0.3, 0.4) is 0 Å². The lowest BCUT2D eigenvalue weighted by Crippen LogP contribution is -2.18. The molecule has 1 N–H and O–H groups in total. The highest BCUT2D eigenvalue weighted by molar-refractivity contribution is 7.05. The van der Waals surface area contributed by atoms with Gasteiger partial charge in [-0.1, -0.05) is 16.6 Å². The van der Waals surface area contributed by atoms with E-state index in [1.165, 1.54) is 23.7 Å². The Labute approximate surface area is 104 Å². The van der Waals surface area contributed by atoms with Crippen molar-refractivity contribution in [2.75, 3.05) is 7.05 Å². The van der Waals surface area contributed by atoms with E-state index in [4.69, 9.17) is 0 Å². The second kappa shape index (κ2) is 5.33. The second-order valence-electron chi connectivity index (χ2n) is 3.89. The van der Waals surface area contributed by atoms with Gasteiger partial charge in [0, 0.05) is 6.04 Å². The van der Waals surface area contributed by atoms with Crippen molar-refractivity contribution < 1.29 is 4.39 Å². The molecule has 3 nitrogen and oxygen atoms in total. The maximum atomic E-state index is 12.8. The Bertz CT molecular complexity index is 481. The number of likely N-dealkylation sites (N-methyl/N-ethyl adjacent to an activating group) is 1. The average molecular weight is 251 g/mol. The van der Waals surface area contributed by atoms with Gasteiger partial charge in [-0.3, -0.25) is 0 Å². The molecule has 0 saturated heterocycles. The second-order valence-corrected chi connectivity index (χ2v) is 4.68. The van der Waals surface area contributed by atoms with E-state index in [1.807, 2.05) is 26.1 Å². The smallest absolute Gasteiger partial charge is 0.123 e. The van der Waals surface area contributed by atoms with Crippen LogP contribution >= 0.6 is 11.5 Å². The topological polar surface area (TPSA) is 37.8 Å². The summed E-state index contributed by atoms with van der Waals surface area (Å²) >= 11 is 1.41. The minimum absolute atomic E-state index is 0.181. The third-order valence-corrected chi connectivity index (χ3v) is 3.64. The van der Waals surface area contributed by atoms with E-state index in [0.717, 1.165) is 22.6 Å². The fourth-order valence-corrected chi connectivity index (χ4v) is 2.49. The Kier molecular flexibility index (Phi) is 3.81. The molecule has 0 amide bonds. The molecule has 0 radical (unpaired) electrons. The highest BCUT2D eigenvalue weighted by atomic mass is 32.1. The van der Waals surface area contributed by atoms with E-state index >= 15 is 0 Å². The minimum Gasteiger partial charge on any atom is -0.312 e. The highest BCUT2D eigenvalue weighted by Crippen LogP contribution is 2.23. The lowest BCUT2D eigenvalue weighted by atomic mass is 10.0. The summed E-state index contributed by atoms with van der Waals surface area (Å²) in [5.41, 5.74) is 2.05. The Morgan fingerprint density at radius 1 is 1.35 bits per heavy atom. The zero-order valence-corrected chi connectivity index (χ0v) is 10.6. The zero-order chi connectivity index (χ0) is 12.3. The third-order valence-electron chi connectivity index (χ3n) is 2.70. The zero-order valence-electron chi connectivity index (χ0n) is 9.77. The quantitative estimate of drug-likeness (QED) is 0.907. The molecule has 0 spiro atoms. The number of aromatic nitrogens is 2. The number of aryl methyl sites for hydroxylation is 1. The molecule has 0 aliphatic heterocycles. The molecule has 0 saturated carbocycles. The van der Waals surface area contributed by atoms with E-state index in [1.54, 1.807) is 0 Å². The molecule has 0 bridgehead atoms. The van der Waals surface area contributed by atoms with Gasteiger partial charge in [-0.25, -0.2) is 4.39 Å². The molecule has 2 aromatic rings. The third kappa shape index (κ3) is 2.87. The molecule has 1 unspecified atom stereocenters. The van der Waals surface area contributed by atoms with Gasteiger partial charge in [0.25, 0.3) is 0 Å². The SMILES string of the molecule is CNC(Cc1ccc(F)cc1)c1snnc1C. The summed E-state index contributed by atoms with van der Waals surface area (Å²) in [7, 11) is 1.91. The summed E-state index contributed by atoms with van der Waals surface area (Å²) < 4.78 is 16.7. The van der Waals surface area contributed by atoms with Gasteiger partial charge >= 0.3 is 0 Å². The van der Waals surface area contributed by atoms with Crippen molar-refractivity contribution in [1.82, 2.24) is 14.9 Å². The molecule has 5 heteroatoms. The molecular weight excluding hydrogens is 237 g/mol. The Balaban J connectivity index is 2.16. The van der Waals surface area contributed by atoms with E-state index < -0.39 is 0 Å². The van der Waals surface area contributed by atoms with Crippen molar-refractivity contribution in [2.45, 2.75) is 19.4 Å². The summed E-state index contributed by atoms with van der Waals surface area (Å²) in [5.74, 6) is -0.203. The number of nitrogens with one attached hydrogen (secondary N) is 1. The van der Waals surface area contributed by atoms with E-state index in [-0.39, 0.29) is 11.9 Å². The number of rotatable bonds is 4. The van der Waals surface area contributed by atoms with Gasteiger partial charge in [0.05, 0.1) is 10.6 Å². The molecule has 17 heavy (non-hydrogen) atoms. The van der Waals surface area contributed by atoms with E-state index in [2.05, 4.69) is 14.9 Å². The first kappa shape index (κ1) is 12.1. The number of nitrogens with zero attached hydrogens (tertiary/aromatic N) is 2. The normalized spacial score (nSPS) is 12.6. The largest absolute Gasteiger partial charge is 0.312 e. The Morgan fingerprint density at radius 2 is 2.06 bits per heavy atom. The molecule has 1 heterocycles. The van der Waals surface area contributed by atoms with Gasteiger partial charge in [-0.05, 0) is 49.6 Å². The van der Waals surface area contributed by atoms with Crippen LogP contribution in [0.2, 0.25) is 0 Å². The first-order valence-electron chi connectivity index (χ1n) is 5.41. The maximum Gasteiger partial charge on any atom is 0.123 e. The summed E-state index contributed by atoms with van der Waals surface area (Å²) in [5, 5.41) is 7.25. The lowest BCUT2D eigenvalue weighted by Gasteiger charge is -2.14. The van der Waals surface area contributed by atoms with Crippen LogP contribution < -0.4 is 5.32 Å². The fourth-order valence-electron chi connectivity index (χ4n) is 1.74. The maximum absolute atomic E-state index is 12.8. The molecule has 1 atom stereocenters. The predicted molar refractivity (Wildman–Crippen MR) is 66.6 cm³/mol.